The smallest absolute Gasteiger partial charge is 0.0446 e. The molecule has 0 saturated carbocycles. The van der Waals surface area contributed by atoms with Gasteiger partial charge in [-0.05, 0) is 25.9 Å². The Morgan fingerprint density at radius 3 is 2.57 bits per heavy atom. The predicted molar refractivity (Wildman–Crippen MR) is 59.4 cm³/mol. The van der Waals surface area contributed by atoms with Crippen LogP contribution >= 0.6 is 0 Å². The van der Waals surface area contributed by atoms with Gasteiger partial charge in [0.05, 0.1) is 0 Å². The van der Waals surface area contributed by atoms with Crippen LogP contribution in [0.3, 0.4) is 0 Å². The minimum absolute atomic E-state index is 0.306. The maximum absolute atomic E-state index is 9.01. The molecular weight excluding hydrogens is 176 g/mol. The first-order chi connectivity index (χ1) is 6.67. The monoisotopic (exact) mass is 200 g/mol. The van der Waals surface area contributed by atoms with Crippen LogP contribution in [0, 0.1) is 5.92 Å². The van der Waals surface area contributed by atoms with E-state index in [1.165, 1.54) is 6.54 Å². The second-order valence-corrected chi connectivity index (χ2v) is 4.56. The second-order valence-electron chi connectivity index (χ2n) is 4.56. The van der Waals surface area contributed by atoms with E-state index in [-0.39, 0.29) is 0 Å². The normalized spacial score (nSPS) is 31.7. The fourth-order valence-corrected chi connectivity index (χ4v) is 2.37. The number of hydrogen-bond donors (Lipinski definition) is 1. The van der Waals surface area contributed by atoms with Crippen molar-refractivity contribution in [1.29, 1.82) is 0 Å². The Balaban J connectivity index is 2.56. The third kappa shape index (κ3) is 3.23. The van der Waals surface area contributed by atoms with Crippen molar-refractivity contribution in [2.75, 3.05) is 39.8 Å². The molecule has 0 bridgehead atoms. The van der Waals surface area contributed by atoms with E-state index in [0.29, 0.717) is 12.6 Å². The molecule has 1 aliphatic rings. The van der Waals surface area contributed by atoms with Crippen molar-refractivity contribution >= 4 is 0 Å². The summed E-state index contributed by atoms with van der Waals surface area (Å²) in [5.74, 6) is 0.739. The highest BCUT2D eigenvalue weighted by Crippen LogP contribution is 2.14. The molecule has 1 fully saturated rings. The highest BCUT2D eigenvalue weighted by atomic mass is 16.3. The van der Waals surface area contributed by atoms with Gasteiger partial charge in [-0.2, -0.15) is 0 Å². The molecule has 2 unspecified atom stereocenters. The summed E-state index contributed by atoms with van der Waals surface area (Å²) in [7, 11) is 2.18. The highest BCUT2D eigenvalue weighted by molar-refractivity contribution is 4.80. The average Bonchev–Trinajstić information content (AvgIpc) is 2.27. The van der Waals surface area contributed by atoms with Gasteiger partial charge in [-0.25, -0.2) is 0 Å². The summed E-state index contributed by atoms with van der Waals surface area (Å²) in [6, 6.07) is 0.532. The van der Waals surface area contributed by atoms with Gasteiger partial charge in [0.2, 0.25) is 0 Å². The first-order valence-electron chi connectivity index (χ1n) is 5.70. The van der Waals surface area contributed by atoms with Gasteiger partial charge in [0, 0.05) is 32.3 Å². The van der Waals surface area contributed by atoms with Crippen LogP contribution < -0.4 is 0 Å². The maximum atomic E-state index is 9.01. The lowest BCUT2D eigenvalue weighted by Crippen LogP contribution is -2.39. The van der Waals surface area contributed by atoms with Gasteiger partial charge in [0.15, 0.2) is 0 Å². The first kappa shape index (κ1) is 12.0. The lowest BCUT2D eigenvalue weighted by molar-refractivity contribution is 0.167. The van der Waals surface area contributed by atoms with E-state index in [0.717, 1.165) is 32.0 Å². The van der Waals surface area contributed by atoms with Gasteiger partial charge in [0.25, 0.3) is 0 Å². The van der Waals surface area contributed by atoms with Gasteiger partial charge < -0.3 is 14.9 Å². The minimum atomic E-state index is 0.306. The van der Waals surface area contributed by atoms with Crippen LogP contribution in [0.25, 0.3) is 0 Å². The lowest BCUT2D eigenvalue weighted by atomic mass is 10.1. The zero-order valence-electron chi connectivity index (χ0n) is 9.74. The standard InChI is InChI=1S/C11H24N2O/c1-4-13-8-10(2)7-12(3)11(9-13)5-6-14/h10-11,14H,4-9H2,1-3H3. The minimum Gasteiger partial charge on any atom is -0.396 e. The molecule has 1 rings (SSSR count). The number of aliphatic hydroxyl groups excluding tert-OH is 1. The van der Waals surface area contributed by atoms with Gasteiger partial charge in [-0.3, -0.25) is 0 Å². The van der Waals surface area contributed by atoms with Crippen molar-refractivity contribution < 1.29 is 5.11 Å². The predicted octanol–water partition coefficient (Wildman–Crippen LogP) is 0.641. The Hall–Kier alpha value is -0.120. The fourth-order valence-electron chi connectivity index (χ4n) is 2.37. The maximum Gasteiger partial charge on any atom is 0.0446 e. The summed E-state index contributed by atoms with van der Waals surface area (Å²) in [6.07, 6.45) is 0.903. The molecule has 14 heavy (non-hydrogen) atoms. The molecule has 0 amide bonds. The fraction of sp³-hybridized carbons (Fsp3) is 1.00. The van der Waals surface area contributed by atoms with Crippen LogP contribution in [0.15, 0.2) is 0 Å². The average molecular weight is 200 g/mol. The quantitative estimate of drug-likeness (QED) is 0.724. The summed E-state index contributed by atoms with van der Waals surface area (Å²) in [5.41, 5.74) is 0. The van der Waals surface area contributed by atoms with Crippen LogP contribution in [0.1, 0.15) is 20.3 Å². The molecule has 2 atom stereocenters. The van der Waals surface area contributed by atoms with Crippen molar-refractivity contribution in [2.45, 2.75) is 26.3 Å². The topological polar surface area (TPSA) is 26.7 Å². The van der Waals surface area contributed by atoms with Crippen LogP contribution in [-0.2, 0) is 0 Å². The zero-order valence-corrected chi connectivity index (χ0v) is 9.74. The highest BCUT2D eigenvalue weighted by Gasteiger charge is 2.24. The van der Waals surface area contributed by atoms with E-state index < -0.39 is 0 Å². The van der Waals surface area contributed by atoms with E-state index in [9.17, 15) is 0 Å². The van der Waals surface area contributed by atoms with Gasteiger partial charge in [-0.1, -0.05) is 13.8 Å². The molecule has 1 aliphatic heterocycles. The Labute approximate surface area is 87.7 Å². The molecule has 0 aromatic heterocycles. The summed E-state index contributed by atoms with van der Waals surface area (Å²) in [6.45, 7) is 9.41. The van der Waals surface area contributed by atoms with E-state index in [1.54, 1.807) is 0 Å². The summed E-state index contributed by atoms with van der Waals surface area (Å²) >= 11 is 0. The molecule has 0 aliphatic carbocycles. The number of aliphatic hydroxyl groups is 1. The first-order valence-corrected chi connectivity index (χ1v) is 5.70. The Morgan fingerprint density at radius 2 is 2.00 bits per heavy atom. The Morgan fingerprint density at radius 1 is 1.29 bits per heavy atom. The van der Waals surface area contributed by atoms with E-state index >= 15 is 0 Å². The van der Waals surface area contributed by atoms with Crippen LogP contribution in [0.5, 0.6) is 0 Å². The molecule has 84 valence electrons. The molecule has 0 radical (unpaired) electrons. The number of nitrogens with zero attached hydrogens (tertiary/aromatic N) is 2. The van der Waals surface area contributed by atoms with E-state index in [1.807, 2.05) is 0 Å². The van der Waals surface area contributed by atoms with Crippen LogP contribution in [0.4, 0.5) is 0 Å². The molecular formula is C11H24N2O. The molecule has 1 heterocycles. The molecule has 0 aromatic rings. The van der Waals surface area contributed by atoms with Crippen molar-refractivity contribution in [2.24, 2.45) is 5.92 Å². The summed E-state index contributed by atoms with van der Waals surface area (Å²) in [5, 5.41) is 9.01. The van der Waals surface area contributed by atoms with Crippen molar-refractivity contribution in [1.82, 2.24) is 9.80 Å². The molecule has 1 N–H and O–H groups in total. The zero-order chi connectivity index (χ0) is 10.6. The lowest BCUT2D eigenvalue weighted by Gasteiger charge is -2.27. The third-order valence-electron chi connectivity index (χ3n) is 3.17. The molecule has 3 nitrogen and oxygen atoms in total. The molecule has 0 spiro atoms. The van der Waals surface area contributed by atoms with Crippen LogP contribution in [0.2, 0.25) is 0 Å². The van der Waals surface area contributed by atoms with E-state index in [2.05, 4.69) is 30.7 Å². The molecule has 1 saturated heterocycles. The Bertz CT molecular complexity index is 163. The van der Waals surface area contributed by atoms with Gasteiger partial charge in [-0.15, -0.1) is 0 Å². The van der Waals surface area contributed by atoms with Gasteiger partial charge in [0.1, 0.15) is 0 Å². The van der Waals surface area contributed by atoms with Crippen LogP contribution in [-0.4, -0.2) is 60.8 Å². The SMILES string of the molecule is CCN1CC(C)CN(C)C(CCO)C1. The second kappa shape index (κ2) is 5.69. The van der Waals surface area contributed by atoms with E-state index in [4.69, 9.17) is 5.11 Å². The van der Waals surface area contributed by atoms with Crippen molar-refractivity contribution in [3.8, 4) is 0 Å². The number of rotatable bonds is 3. The molecule has 3 heteroatoms. The van der Waals surface area contributed by atoms with Crippen molar-refractivity contribution in [3.63, 3.8) is 0 Å². The van der Waals surface area contributed by atoms with Gasteiger partial charge >= 0.3 is 0 Å². The summed E-state index contributed by atoms with van der Waals surface area (Å²) < 4.78 is 0. The van der Waals surface area contributed by atoms with Crippen molar-refractivity contribution in [3.05, 3.63) is 0 Å². The largest absolute Gasteiger partial charge is 0.396 e. The number of hydrogen-bond acceptors (Lipinski definition) is 3. The number of likely N-dealkylation sites (N-methyl/N-ethyl adjacent to an activating group) is 2. The third-order valence-corrected chi connectivity index (χ3v) is 3.17. The Kier molecular flexibility index (Phi) is 4.85. The molecule has 0 aromatic carbocycles. The summed E-state index contributed by atoms with van der Waals surface area (Å²) in [4.78, 5) is 4.89.